The standard InChI is InChI=1S/C22H29NO7/c1-13(10-14(2)20(27)29-12-30-21(28)22(3,4)5)18(24)23-16-9-7-6-8-15(16)11-17(23)19(25)26/h6-9,13-14,17H,10-12H2,1-5H3,(H,25,26)/t13-,14-,17+/m1/s1. The maximum atomic E-state index is 13.0. The zero-order valence-corrected chi connectivity index (χ0v) is 18.0. The van der Waals surface area contributed by atoms with Crippen LogP contribution in [0.25, 0.3) is 0 Å². The third-order valence-corrected chi connectivity index (χ3v) is 5.03. The van der Waals surface area contributed by atoms with Gasteiger partial charge in [-0.1, -0.05) is 32.0 Å². The number of carboxylic acids is 1. The number of carbonyl (C=O) groups excluding carboxylic acids is 3. The first-order chi connectivity index (χ1) is 13.9. The molecule has 0 spiro atoms. The highest BCUT2D eigenvalue weighted by molar-refractivity contribution is 6.03. The van der Waals surface area contributed by atoms with Gasteiger partial charge in [-0.2, -0.15) is 0 Å². The van der Waals surface area contributed by atoms with Gasteiger partial charge in [0.2, 0.25) is 12.7 Å². The molecule has 0 fully saturated rings. The zero-order chi connectivity index (χ0) is 22.6. The third kappa shape index (κ3) is 5.37. The second kappa shape index (κ2) is 9.28. The topological polar surface area (TPSA) is 110 Å². The highest BCUT2D eigenvalue weighted by Gasteiger charge is 2.40. The molecule has 0 unspecified atom stereocenters. The van der Waals surface area contributed by atoms with Gasteiger partial charge in [0.25, 0.3) is 0 Å². The number of aliphatic carboxylic acids is 1. The Morgan fingerprint density at radius 1 is 1.10 bits per heavy atom. The maximum Gasteiger partial charge on any atom is 0.327 e. The zero-order valence-electron chi connectivity index (χ0n) is 18.0. The molecule has 0 bridgehead atoms. The maximum absolute atomic E-state index is 13.0. The number of carboxylic acid groups (broad SMARTS) is 1. The number of hydrogen-bond acceptors (Lipinski definition) is 6. The Balaban J connectivity index is 1.96. The molecule has 8 nitrogen and oxygen atoms in total. The number of rotatable bonds is 7. The van der Waals surface area contributed by atoms with Crippen molar-refractivity contribution in [3.63, 3.8) is 0 Å². The summed E-state index contributed by atoms with van der Waals surface area (Å²) in [6.45, 7) is 7.86. The van der Waals surface area contributed by atoms with Crippen LogP contribution in [-0.2, 0) is 35.1 Å². The number of fused-ring (bicyclic) bond motifs is 1. The number of benzene rings is 1. The van der Waals surface area contributed by atoms with Gasteiger partial charge in [0.05, 0.1) is 11.3 Å². The quantitative estimate of drug-likeness (QED) is 0.534. The summed E-state index contributed by atoms with van der Waals surface area (Å²) in [5.74, 6) is -3.73. The Kier molecular flexibility index (Phi) is 7.23. The van der Waals surface area contributed by atoms with Crippen molar-refractivity contribution < 1.29 is 33.8 Å². The van der Waals surface area contributed by atoms with Gasteiger partial charge < -0.3 is 14.6 Å². The summed E-state index contributed by atoms with van der Waals surface area (Å²) in [5, 5.41) is 9.55. The van der Waals surface area contributed by atoms with E-state index < -0.39 is 48.0 Å². The van der Waals surface area contributed by atoms with E-state index in [1.54, 1.807) is 52.8 Å². The van der Waals surface area contributed by atoms with Crippen molar-refractivity contribution in [1.82, 2.24) is 0 Å². The fourth-order valence-electron chi connectivity index (χ4n) is 3.32. The highest BCUT2D eigenvalue weighted by Crippen LogP contribution is 2.34. The van der Waals surface area contributed by atoms with E-state index in [0.29, 0.717) is 5.69 Å². The van der Waals surface area contributed by atoms with Gasteiger partial charge in [0.15, 0.2) is 0 Å². The highest BCUT2D eigenvalue weighted by atomic mass is 16.7. The smallest absolute Gasteiger partial charge is 0.327 e. The Morgan fingerprint density at radius 2 is 1.73 bits per heavy atom. The second-order valence-corrected chi connectivity index (χ2v) is 8.70. The van der Waals surface area contributed by atoms with Gasteiger partial charge >= 0.3 is 17.9 Å². The van der Waals surface area contributed by atoms with Crippen LogP contribution in [0.5, 0.6) is 0 Å². The third-order valence-electron chi connectivity index (χ3n) is 5.03. The van der Waals surface area contributed by atoms with Crippen molar-refractivity contribution in [2.75, 3.05) is 11.7 Å². The molecular weight excluding hydrogens is 390 g/mol. The number of anilines is 1. The first kappa shape index (κ1) is 23.4. The van der Waals surface area contributed by atoms with E-state index in [1.165, 1.54) is 4.90 Å². The first-order valence-corrected chi connectivity index (χ1v) is 9.91. The minimum atomic E-state index is -1.07. The second-order valence-electron chi connectivity index (χ2n) is 8.70. The van der Waals surface area contributed by atoms with Crippen LogP contribution >= 0.6 is 0 Å². The number of para-hydroxylation sites is 1. The summed E-state index contributed by atoms with van der Waals surface area (Å²) in [4.78, 5) is 49.9. The van der Waals surface area contributed by atoms with E-state index in [-0.39, 0.29) is 18.7 Å². The van der Waals surface area contributed by atoms with E-state index in [9.17, 15) is 24.3 Å². The lowest BCUT2D eigenvalue weighted by Crippen LogP contribution is -2.45. The number of carbonyl (C=O) groups is 4. The number of hydrogen-bond donors (Lipinski definition) is 1. The largest absolute Gasteiger partial charge is 0.480 e. The normalized spacial score (nSPS) is 17.6. The van der Waals surface area contributed by atoms with E-state index >= 15 is 0 Å². The SMILES string of the molecule is C[C@H](C[C@@H](C)C(=O)N1c2ccccc2C[C@H]1C(=O)O)C(=O)OCOC(=O)C(C)(C)C. The van der Waals surface area contributed by atoms with Gasteiger partial charge in [-0.05, 0) is 38.8 Å². The van der Waals surface area contributed by atoms with E-state index in [0.717, 1.165) is 5.56 Å². The van der Waals surface area contributed by atoms with Crippen LogP contribution in [0.2, 0.25) is 0 Å². The summed E-state index contributed by atoms with van der Waals surface area (Å²) in [5.41, 5.74) is 0.690. The van der Waals surface area contributed by atoms with Crippen molar-refractivity contribution in [2.45, 2.75) is 53.5 Å². The minimum absolute atomic E-state index is 0.176. The number of amides is 1. The van der Waals surface area contributed by atoms with Gasteiger partial charge in [-0.3, -0.25) is 19.3 Å². The Hall–Kier alpha value is -2.90. The average molecular weight is 419 g/mol. The van der Waals surface area contributed by atoms with Gasteiger partial charge in [-0.25, -0.2) is 4.79 Å². The van der Waals surface area contributed by atoms with Crippen molar-refractivity contribution in [3.05, 3.63) is 29.8 Å². The number of ether oxygens (including phenoxy) is 2. The average Bonchev–Trinajstić information content (AvgIpc) is 3.06. The summed E-state index contributed by atoms with van der Waals surface area (Å²) in [6, 6.07) is 6.13. The molecule has 1 aliphatic rings. The molecule has 1 amide bonds. The van der Waals surface area contributed by atoms with Crippen molar-refractivity contribution in [3.8, 4) is 0 Å². The van der Waals surface area contributed by atoms with Gasteiger partial charge in [-0.15, -0.1) is 0 Å². The predicted octanol–water partition coefficient (Wildman–Crippen LogP) is 2.78. The summed E-state index contributed by atoms with van der Waals surface area (Å²) >= 11 is 0. The molecule has 1 aliphatic heterocycles. The lowest BCUT2D eigenvalue weighted by Gasteiger charge is -2.26. The summed E-state index contributed by atoms with van der Waals surface area (Å²) < 4.78 is 9.91. The first-order valence-electron chi connectivity index (χ1n) is 9.91. The molecular formula is C22H29NO7. The van der Waals surface area contributed by atoms with Crippen LogP contribution in [0.4, 0.5) is 5.69 Å². The van der Waals surface area contributed by atoms with Gasteiger partial charge in [0.1, 0.15) is 6.04 Å². The van der Waals surface area contributed by atoms with Crippen LogP contribution in [0.3, 0.4) is 0 Å². The fourth-order valence-corrected chi connectivity index (χ4v) is 3.32. The monoisotopic (exact) mass is 419 g/mol. The minimum Gasteiger partial charge on any atom is -0.480 e. The molecule has 0 radical (unpaired) electrons. The number of esters is 2. The van der Waals surface area contributed by atoms with E-state index in [2.05, 4.69) is 0 Å². The molecule has 0 saturated heterocycles. The van der Waals surface area contributed by atoms with E-state index in [1.807, 2.05) is 6.07 Å². The lowest BCUT2D eigenvalue weighted by atomic mass is 9.95. The molecule has 30 heavy (non-hydrogen) atoms. The molecule has 0 aliphatic carbocycles. The fraction of sp³-hybridized carbons (Fsp3) is 0.545. The molecule has 0 saturated carbocycles. The summed E-state index contributed by atoms with van der Waals surface area (Å²) in [7, 11) is 0. The van der Waals surface area contributed by atoms with E-state index in [4.69, 9.17) is 9.47 Å². The molecule has 8 heteroatoms. The van der Waals surface area contributed by atoms with Crippen molar-refractivity contribution >= 4 is 29.5 Å². The molecule has 2 rings (SSSR count). The predicted molar refractivity (Wildman–Crippen MR) is 109 cm³/mol. The Morgan fingerprint density at radius 3 is 2.33 bits per heavy atom. The van der Waals surface area contributed by atoms with Crippen LogP contribution in [0.1, 0.15) is 46.6 Å². The van der Waals surface area contributed by atoms with Gasteiger partial charge in [0, 0.05) is 18.0 Å². The Bertz CT molecular complexity index is 827. The molecule has 164 valence electrons. The Labute approximate surface area is 176 Å². The summed E-state index contributed by atoms with van der Waals surface area (Å²) in [6.07, 6.45) is 0.427. The molecule has 1 heterocycles. The molecule has 1 N–H and O–H groups in total. The molecule has 1 aromatic rings. The van der Waals surface area contributed by atoms with Crippen LogP contribution in [0.15, 0.2) is 24.3 Å². The van der Waals surface area contributed by atoms with Crippen molar-refractivity contribution in [1.29, 1.82) is 0 Å². The number of nitrogens with zero attached hydrogens (tertiary/aromatic N) is 1. The van der Waals surface area contributed by atoms with Crippen LogP contribution in [-0.4, -0.2) is 41.8 Å². The lowest BCUT2D eigenvalue weighted by molar-refractivity contribution is -0.175. The molecule has 1 aromatic carbocycles. The molecule has 0 aromatic heterocycles. The van der Waals surface area contributed by atoms with Crippen LogP contribution < -0.4 is 4.90 Å². The van der Waals surface area contributed by atoms with Crippen LogP contribution in [0, 0.1) is 17.3 Å². The van der Waals surface area contributed by atoms with Crippen molar-refractivity contribution in [2.24, 2.45) is 17.3 Å². The molecule has 3 atom stereocenters.